The van der Waals surface area contributed by atoms with Crippen molar-refractivity contribution in [3.8, 4) is 0 Å². The van der Waals surface area contributed by atoms with Crippen molar-refractivity contribution < 1.29 is 14.3 Å². The number of anilines is 1. The molecule has 0 fully saturated rings. The second-order valence-electron chi connectivity index (χ2n) is 8.45. The number of allylic oxidation sites excluding steroid dienone is 3. The van der Waals surface area contributed by atoms with E-state index in [1.54, 1.807) is 13.0 Å². The minimum atomic E-state index is -1.29. The maximum Gasteiger partial charge on any atom is 0.357 e. The van der Waals surface area contributed by atoms with E-state index in [1.807, 2.05) is 47.6 Å². The number of ether oxygens (including phenoxy) is 2. The van der Waals surface area contributed by atoms with Crippen LogP contribution in [-0.2, 0) is 40.0 Å². The lowest BCUT2D eigenvalue weighted by Crippen LogP contribution is -2.45. The zero-order valence-electron chi connectivity index (χ0n) is 22.6. The van der Waals surface area contributed by atoms with Crippen LogP contribution in [-0.4, -0.2) is 30.7 Å². The van der Waals surface area contributed by atoms with Crippen molar-refractivity contribution in [3.05, 3.63) is 51.1 Å². The van der Waals surface area contributed by atoms with Gasteiger partial charge in [-0.15, -0.1) is 0 Å². The van der Waals surface area contributed by atoms with Gasteiger partial charge in [0.25, 0.3) is 6.02 Å². The van der Waals surface area contributed by atoms with Crippen LogP contribution in [0.1, 0.15) is 90.0 Å². The first-order valence-corrected chi connectivity index (χ1v) is 13.7. The van der Waals surface area contributed by atoms with E-state index in [1.165, 1.54) is 35.1 Å². The van der Waals surface area contributed by atoms with E-state index in [0.29, 0.717) is 16.6 Å². The first-order chi connectivity index (χ1) is 17.0. The average molecular weight is 503 g/mol. The van der Waals surface area contributed by atoms with Crippen molar-refractivity contribution in [1.82, 2.24) is 0 Å². The van der Waals surface area contributed by atoms with Crippen LogP contribution < -0.4 is 5.32 Å². The molecule has 0 aromatic heterocycles. The fraction of sp³-hybridized carbons (Fsp3) is 0.586. The summed E-state index contributed by atoms with van der Waals surface area (Å²) >= 11 is 6.32. The molecule has 1 atom stereocenters. The molecule has 3 aliphatic rings. The molecule has 6 heteroatoms. The van der Waals surface area contributed by atoms with Crippen LogP contribution in [0.3, 0.4) is 0 Å². The predicted molar refractivity (Wildman–Crippen MR) is 148 cm³/mol. The number of nitrogens with zero attached hydrogens (tertiary/aromatic N) is 1. The Labute approximate surface area is 217 Å². The maximum atomic E-state index is 13.0. The van der Waals surface area contributed by atoms with Gasteiger partial charge in [0, 0.05) is 10.7 Å². The lowest BCUT2D eigenvalue weighted by atomic mass is 9.94. The molecule has 1 aromatic rings. The van der Waals surface area contributed by atoms with E-state index >= 15 is 0 Å². The van der Waals surface area contributed by atoms with Gasteiger partial charge in [-0.3, -0.25) is 0 Å². The third kappa shape index (κ3) is 6.30. The Morgan fingerprint density at radius 3 is 2.26 bits per heavy atom. The lowest BCUT2D eigenvalue weighted by molar-refractivity contribution is -0.157. The number of fused-ring (bicyclic) bond motifs is 2. The maximum absolute atomic E-state index is 13.0. The highest BCUT2D eigenvalue weighted by atomic mass is 35.5. The Morgan fingerprint density at radius 1 is 1.11 bits per heavy atom. The number of benzene rings is 1. The van der Waals surface area contributed by atoms with E-state index in [2.05, 4.69) is 16.4 Å². The van der Waals surface area contributed by atoms with Crippen molar-refractivity contribution in [2.75, 3.05) is 18.5 Å². The molecular formula is C29H43ClN2O3. The number of aliphatic imine (C=N–C) groups is 1. The number of hydrogen-bond acceptors (Lipinski definition) is 5. The van der Waals surface area contributed by atoms with Gasteiger partial charge in [-0.2, -0.15) is 0 Å². The van der Waals surface area contributed by atoms with Gasteiger partial charge in [-0.25, -0.2) is 9.79 Å². The molecule has 1 aromatic carbocycles. The van der Waals surface area contributed by atoms with Gasteiger partial charge in [-0.05, 0) is 92.7 Å². The number of rotatable bonds is 6. The molecule has 1 N–H and O–H groups in total. The number of carbonyl (C=O) groups excluding carboxylic acids is 1. The largest absolute Gasteiger partial charge is 0.463 e. The molecule has 0 spiro atoms. The summed E-state index contributed by atoms with van der Waals surface area (Å²) in [6.45, 7) is 14.1. The minimum Gasteiger partial charge on any atom is -0.463 e. The summed E-state index contributed by atoms with van der Waals surface area (Å²) in [6.07, 6.45) is 11.2. The van der Waals surface area contributed by atoms with Gasteiger partial charge < -0.3 is 14.8 Å². The highest BCUT2D eigenvalue weighted by Crippen LogP contribution is 2.39. The normalized spacial score (nSPS) is 20.4. The van der Waals surface area contributed by atoms with Gasteiger partial charge in [0.05, 0.1) is 13.2 Å². The summed E-state index contributed by atoms with van der Waals surface area (Å²) in [4.78, 5) is 17.6. The Balaban J connectivity index is 0.00000103. The lowest BCUT2D eigenvalue weighted by Gasteiger charge is -2.27. The summed E-state index contributed by atoms with van der Waals surface area (Å²) in [5, 5.41) is 4.05. The van der Waals surface area contributed by atoms with Crippen molar-refractivity contribution in [2.24, 2.45) is 4.99 Å². The van der Waals surface area contributed by atoms with Crippen LogP contribution >= 0.6 is 11.6 Å². The molecule has 4 rings (SSSR count). The fourth-order valence-electron chi connectivity index (χ4n) is 4.85. The fourth-order valence-corrected chi connectivity index (χ4v) is 5.17. The third-order valence-corrected chi connectivity index (χ3v) is 6.68. The topological polar surface area (TPSA) is 59.9 Å². The van der Waals surface area contributed by atoms with Crippen LogP contribution in [0.15, 0.2) is 33.8 Å². The number of aryl methyl sites for hydroxylation is 2. The summed E-state index contributed by atoms with van der Waals surface area (Å²) in [5.74, 6) is -0.436. The molecule has 0 saturated heterocycles. The van der Waals surface area contributed by atoms with E-state index < -0.39 is 11.6 Å². The standard InChI is InChI=1S/C25H31ClN2O3.2C2H6/c1-4-8-19(26)13-16(3)25(23(29)30-5-2)15-27-24(31-25)28-22-20-11-6-9-17(20)14-18-10-7-12-21(18)22;2*1-2/h8,13-14H,4-7,9-12,15H2,1-3H3,(H,27,28);2*1-2H3/b16-13+,19-8+;;. The summed E-state index contributed by atoms with van der Waals surface area (Å²) in [5.41, 5.74) is 6.16. The molecule has 5 nitrogen and oxygen atoms in total. The number of carbonyl (C=O) groups is 1. The Hall–Kier alpha value is -2.27. The molecule has 1 unspecified atom stereocenters. The third-order valence-electron chi connectivity index (χ3n) is 6.42. The van der Waals surface area contributed by atoms with Gasteiger partial charge >= 0.3 is 5.97 Å². The molecule has 0 bridgehead atoms. The Kier molecular flexibility index (Phi) is 11.4. The highest BCUT2D eigenvalue weighted by molar-refractivity contribution is 6.31. The average Bonchev–Trinajstić information content (AvgIpc) is 3.62. The molecular weight excluding hydrogens is 460 g/mol. The van der Waals surface area contributed by atoms with Gasteiger partial charge in [0.15, 0.2) is 0 Å². The zero-order valence-corrected chi connectivity index (χ0v) is 23.4. The second kappa shape index (κ2) is 13.7. The van der Waals surface area contributed by atoms with Crippen molar-refractivity contribution in [1.29, 1.82) is 0 Å². The van der Waals surface area contributed by atoms with Crippen LogP contribution in [0.2, 0.25) is 0 Å². The first-order valence-electron chi connectivity index (χ1n) is 13.4. The number of nitrogens with one attached hydrogen (secondary N) is 1. The van der Waals surface area contributed by atoms with Crippen LogP contribution in [0.25, 0.3) is 0 Å². The monoisotopic (exact) mass is 502 g/mol. The van der Waals surface area contributed by atoms with Gasteiger partial charge in [-0.1, -0.05) is 58.4 Å². The van der Waals surface area contributed by atoms with Crippen molar-refractivity contribution >= 4 is 29.3 Å². The van der Waals surface area contributed by atoms with Gasteiger partial charge in [0.1, 0.15) is 0 Å². The van der Waals surface area contributed by atoms with Crippen molar-refractivity contribution in [3.63, 3.8) is 0 Å². The predicted octanol–water partition coefficient (Wildman–Crippen LogP) is 7.30. The number of amidine groups is 1. The molecule has 2 aliphatic carbocycles. The Bertz CT molecular complexity index is 948. The summed E-state index contributed by atoms with van der Waals surface area (Å²) in [7, 11) is 0. The molecule has 0 saturated carbocycles. The highest BCUT2D eigenvalue weighted by Gasteiger charge is 2.49. The first kappa shape index (κ1) is 29.0. The van der Waals surface area contributed by atoms with E-state index in [0.717, 1.165) is 37.8 Å². The molecule has 0 radical (unpaired) electrons. The quantitative estimate of drug-likeness (QED) is 0.327. The number of esters is 1. The smallest absolute Gasteiger partial charge is 0.357 e. The summed E-state index contributed by atoms with van der Waals surface area (Å²) in [6, 6.07) is 2.77. The van der Waals surface area contributed by atoms with Crippen LogP contribution in [0, 0.1) is 0 Å². The SMILES string of the molecule is CC.CC.CC/C=C(Cl)\C=C(/C)C1(C(=O)OCC)CN=C(Nc2c3c(cc4c2CCC4)CCC3)O1. The molecule has 194 valence electrons. The van der Waals surface area contributed by atoms with E-state index in [9.17, 15) is 4.79 Å². The molecule has 0 amide bonds. The second-order valence-corrected chi connectivity index (χ2v) is 8.89. The van der Waals surface area contributed by atoms with Crippen LogP contribution in [0.5, 0.6) is 0 Å². The molecule has 35 heavy (non-hydrogen) atoms. The Morgan fingerprint density at radius 2 is 1.71 bits per heavy atom. The van der Waals surface area contributed by atoms with Crippen LogP contribution in [0.4, 0.5) is 5.69 Å². The number of halogens is 1. The van der Waals surface area contributed by atoms with Crippen molar-refractivity contribution in [2.45, 2.75) is 99.0 Å². The summed E-state index contributed by atoms with van der Waals surface area (Å²) < 4.78 is 11.6. The zero-order chi connectivity index (χ0) is 26.0. The molecule has 1 heterocycles. The molecule has 1 aliphatic heterocycles. The minimum absolute atomic E-state index is 0.171. The van der Waals surface area contributed by atoms with E-state index in [4.69, 9.17) is 21.1 Å². The van der Waals surface area contributed by atoms with Gasteiger partial charge in [0.2, 0.25) is 5.60 Å². The van der Waals surface area contributed by atoms with E-state index in [-0.39, 0.29) is 13.2 Å². The number of hydrogen-bond donors (Lipinski definition) is 1.